The molecule has 3 aromatic rings. The molecule has 0 spiro atoms. The number of benzene rings is 3. The Morgan fingerprint density at radius 3 is 2.12 bits per heavy atom. The van der Waals surface area contributed by atoms with E-state index in [0.29, 0.717) is 30.6 Å². The number of hydrogen-bond acceptors (Lipinski definition) is 3. The lowest BCUT2D eigenvalue weighted by atomic mass is 10.1. The number of carbonyl (C=O) groups excluding carboxylic acids is 2. The second kappa shape index (κ2) is 6.40. The van der Waals surface area contributed by atoms with Crippen LogP contribution in [0.2, 0.25) is 0 Å². The Morgan fingerprint density at radius 1 is 0.760 bits per heavy atom. The third-order valence-corrected chi connectivity index (χ3v) is 4.52. The van der Waals surface area contributed by atoms with Crippen LogP contribution in [0.1, 0.15) is 27.1 Å². The van der Waals surface area contributed by atoms with Crippen LogP contribution < -0.4 is 5.32 Å². The van der Waals surface area contributed by atoms with Crippen molar-refractivity contribution in [1.29, 1.82) is 0 Å². The predicted octanol–water partition coefficient (Wildman–Crippen LogP) is 3.94. The van der Waals surface area contributed by atoms with Crippen molar-refractivity contribution in [3.8, 4) is 0 Å². The van der Waals surface area contributed by atoms with Crippen molar-refractivity contribution in [1.82, 2.24) is 4.90 Å². The fourth-order valence-electron chi connectivity index (χ4n) is 3.21. The van der Waals surface area contributed by atoms with Gasteiger partial charge in [-0.3, -0.25) is 14.5 Å². The highest BCUT2D eigenvalue weighted by molar-refractivity contribution is 6.21. The minimum absolute atomic E-state index is 0.189. The summed E-state index contributed by atoms with van der Waals surface area (Å²) in [5, 5.41) is 5.76. The van der Waals surface area contributed by atoms with E-state index in [0.717, 1.165) is 5.69 Å². The van der Waals surface area contributed by atoms with Gasteiger partial charge >= 0.3 is 0 Å². The van der Waals surface area contributed by atoms with Crippen molar-refractivity contribution in [2.24, 2.45) is 0 Å². The van der Waals surface area contributed by atoms with E-state index >= 15 is 0 Å². The van der Waals surface area contributed by atoms with Gasteiger partial charge in [0.15, 0.2) is 0 Å². The second-order valence-electron chi connectivity index (χ2n) is 6.15. The summed E-state index contributed by atoms with van der Waals surface area (Å²) in [6, 6.07) is 21.4. The third kappa shape index (κ3) is 2.87. The van der Waals surface area contributed by atoms with Crippen molar-refractivity contribution >= 4 is 28.3 Å². The minimum atomic E-state index is -0.189. The zero-order valence-corrected chi connectivity index (χ0v) is 13.7. The van der Waals surface area contributed by atoms with Gasteiger partial charge in [-0.05, 0) is 41.5 Å². The molecule has 1 N–H and O–H groups in total. The van der Waals surface area contributed by atoms with Gasteiger partial charge in [-0.25, -0.2) is 0 Å². The monoisotopic (exact) mass is 330 g/mol. The number of hydrogen-bond donors (Lipinski definition) is 1. The summed E-state index contributed by atoms with van der Waals surface area (Å²) in [6.07, 6.45) is 0.707. The van der Waals surface area contributed by atoms with E-state index in [2.05, 4.69) is 29.6 Å². The standard InChI is InChI=1S/C21H18N2O2/c24-20-18-8-3-4-9-19(18)21(25)23(20)13-5-12-22-17-11-10-15-6-1-2-7-16(15)14-17/h1-4,6-11,14,22H,5,12-13H2. The molecular formula is C21H18N2O2. The van der Waals surface area contributed by atoms with Crippen molar-refractivity contribution in [3.05, 3.63) is 77.9 Å². The zero-order valence-electron chi connectivity index (χ0n) is 13.7. The van der Waals surface area contributed by atoms with Gasteiger partial charge in [0.25, 0.3) is 11.8 Å². The quantitative estimate of drug-likeness (QED) is 0.569. The number of fused-ring (bicyclic) bond motifs is 2. The van der Waals surface area contributed by atoms with E-state index in [9.17, 15) is 9.59 Å². The zero-order chi connectivity index (χ0) is 17.2. The average Bonchev–Trinajstić information content (AvgIpc) is 2.90. The Kier molecular flexibility index (Phi) is 3.94. The lowest BCUT2D eigenvalue weighted by molar-refractivity contribution is 0.0654. The lowest BCUT2D eigenvalue weighted by Gasteiger charge is -2.14. The maximum Gasteiger partial charge on any atom is 0.261 e. The normalized spacial score (nSPS) is 13.4. The van der Waals surface area contributed by atoms with Gasteiger partial charge in [0.05, 0.1) is 11.1 Å². The van der Waals surface area contributed by atoms with Crippen LogP contribution in [0, 0.1) is 0 Å². The molecular weight excluding hydrogens is 312 g/mol. The SMILES string of the molecule is O=C1c2ccccc2C(=O)N1CCCNc1ccc2ccccc2c1. The first-order chi connectivity index (χ1) is 12.2. The van der Waals surface area contributed by atoms with E-state index < -0.39 is 0 Å². The first-order valence-electron chi connectivity index (χ1n) is 8.42. The summed E-state index contributed by atoms with van der Waals surface area (Å²) < 4.78 is 0. The largest absolute Gasteiger partial charge is 0.385 e. The molecule has 1 heterocycles. The predicted molar refractivity (Wildman–Crippen MR) is 98.9 cm³/mol. The number of imide groups is 1. The second-order valence-corrected chi connectivity index (χ2v) is 6.15. The summed E-state index contributed by atoms with van der Waals surface area (Å²) in [7, 11) is 0. The summed E-state index contributed by atoms with van der Waals surface area (Å²) in [4.78, 5) is 25.9. The van der Waals surface area contributed by atoms with Crippen LogP contribution in [0.3, 0.4) is 0 Å². The number of carbonyl (C=O) groups is 2. The Hall–Kier alpha value is -3.14. The number of anilines is 1. The molecule has 0 radical (unpaired) electrons. The van der Waals surface area contributed by atoms with Crippen LogP contribution in [0.4, 0.5) is 5.69 Å². The Morgan fingerprint density at radius 2 is 1.40 bits per heavy atom. The van der Waals surface area contributed by atoms with Crippen LogP contribution in [0.25, 0.3) is 10.8 Å². The topological polar surface area (TPSA) is 49.4 Å². The van der Waals surface area contributed by atoms with Crippen LogP contribution in [-0.2, 0) is 0 Å². The molecule has 1 aliphatic heterocycles. The van der Waals surface area contributed by atoms with Crippen molar-refractivity contribution in [2.45, 2.75) is 6.42 Å². The van der Waals surface area contributed by atoms with Gasteiger partial charge in [0.1, 0.15) is 0 Å². The van der Waals surface area contributed by atoms with Gasteiger partial charge < -0.3 is 5.32 Å². The van der Waals surface area contributed by atoms with Crippen LogP contribution in [-0.4, -0.2) is 29.8 Å². The van der Waals surface area contributed by atoms with Gasteiger partial charge in [0, 0.05) is 18.8 Å². The van der Waals surface area contributed by atoms with E-state index in [1.54, 1.807) is 24.3 Å². The van der Waals surface area contributed by atoms with Crippen molar-refractivity contribution in [2.75, 3.05) is 18.4 Å². The Balaban J connectivity index is 1.35. The molecule has 0 bridgehead atoms. The number of amides is 2. The molecule has 0 atom stereocenters. The minimum Gasteiger partial charge on any atom is -0.385 e. The molecule has 0 aromatic heterocycles. The highest BCUT2D eigenvalue weighted by Crippen LogP contribution is 2.22. The van der Waals surface area contributed by atoms with E-state index in [-0.39, 0.29) is 11.8 Å². The molecule has 4 heteroatoms. The molecule has 4 rings (SSSR count). The molecule has 0 saturated heterocycles. The average molecular weight is 330 g/mol. The van der Waals surface area contributed by atoms with Gasteiger partial charge in [-0.15, -0.1) is 0 Å². The van der Waals surface area contributed by atoms with Gasteiger partial charge in [-0.1, -0.05) is 42.5 Å². The molecule has 0 aliphatic carbocycles. The van der Waals surface area contributed by atoms with E-state index in [4.69, 9.17) is 0 Å². The van der Waals surface area contributed by atoms with Crippen LogP contribution in [0.15, 0.2) is 66.7 Å². The van der Waals surface area contributed by atoms with Gasteiger partial charge in [-0.2, -0.15) is 0 Å². The first-order valence-corrected chi connectivity index (χ1v) is 8.42. The molecule has 1 aliphatic rings. The Bertz CT molecular complexity index is 930. The smallest absolute Gasteiger partial charge is 0.261 e. The first kappa shape index (κ1) is 15.4. The van der Waals surface area contributed by atoms with Crippen molar-refractivity contribution < 1.29 is 9.59 Å². The highest BCUT2D eigenvalue weighted by Gasteiger charge is 2.34. The lowest BCUT2D eigenvalue weighted by Crippen LogP contribution is -2.31. The Labute approximate surface area is 146 Å². The molecule has 0 saturated carbocycles. The maximum absolute atomic E-state index is 12.3. The maximum atomic E-state index is 12.3. The molecule has 25 heavy (non-hydrogen) atoms. The number of nitrogens with one attached hydrogen (secondary N) is 1. The highest BCUT2D eigenvalue weighted by atomic mass is 16.2. The van der Waals surface area contributed by atoms with Crippen LogP contribution >= 0.6 is 0 Å². The summed E-state index contributed by atoms with van der Waals surface area (Å²) in [5.41, 5.74) is 2.06. The number of nitrogens with zero attached hydrogens (tertiary/aromatic N) is 1. The van der Waals surface area contributed by atoms with Crippen LogP contribution in [0.5, 0.6) is 0 Å². The molecule has 3 aromatic carbocycles. The molecule has 0 unspecified atom stereocenters. The molecule has 0 fully saturated rings. The fraction of sp³-hybridized carbons (Fsp3) is 0.143. The summed E-state index contributed by atoms with van der Waals surface area (Å²) in [6.45, 7) is 1.12. The molecule has 124 valence electrons. The molecule has 4 nitrogen and oxygen atoms in total. The third-order valence-electron chi connectivity index (χ3n) is 4.52. The van der Waals surface area contributed by atoms with Gasteiger partial charge in [0.2, 0.25) is 0 Å². The van der Waals surface area contributed by atoms with E-state index in [1.807, 2.05) is 18.2 Å². The summed E-state index contributed by atoms with van der Waals surface area (Å²) in [5.74, 6) is -0.377. The van der Waals surface area contributed by atoms with E-state index in [1.165, 1.54) is 15.7 Å². The van der Waals surface area contributed by atoms with Crippen molar-refractivity contribution in [3.63, 3.8) is 0 Å². The summed E-state index contributed by atoms with van der Waals surface area (Å²) >= 11 is 0. The number of rotatable bonds is 5. The fourth-order valence-corrected chi connectivity index (χ4v) is 3.21. The molecule has 2 amide bonds.